The molecular weight excluding hydrogens is 1110 g/mol. The summed E-state index contributed by atoms with van der Waals surface area (Å²) in [5.74, 6) is -12.2. The van der Waals surface area contributed by atoms with Crippen molar-refractivity contribution in [1.29, 1.82) is 0 Å². The molecule has 0 aliphatic carbocycles. The van der Waals surface area contributed by atoms with E-state index in [9.17, 15) is 78.3 Å². The van der Waals surface area contributed by atoms with Crippen LogP contribution in [0.4, 0.5) is 0 Å². The lowest BCUT2D eigenvalue weighted by Crippen LogP contribution is -2.45. The highest BCUT2D eigenvalue weighted by atomic mass is 33.1. The lowest BCUT2D eigenvalue weighted by Gasteiger charge is -2.18. The van der Waals surface area contributed by atoms with E-state index in [0.29, 0.717) is 32.1 Å². The van der Waals surface area contributed by atoms with Gasteiger partial charge in [0, 0.05) is 56.2 Å². The molecule has 6 atom stereocenters. The van der Waals surface area contributed by atoms with Gasteiger partial charge in [-0.25, -0.2) is 19.2 Å². The first-order chi connectivity index (χ1) is 36.0. The van der Waals surface area contributed by atoms with Crippen molar-refractivity contribution >= 4 is 137 Å². The van der Waals surface area contributed by atoms with Crippen molar-refractivity contribution in [3.63, 3.8) is 0 Å². The van der Waals surface area contributed by atoms with Crippen LogP contribution >= 0.6 is 72.1 Å². The third-order valence-corrected chi connectivity index (χ3v) is 12.9. The fraction of sp³-hybridized carbons (Fsp3) is 0.766. The maximum Gasteiger partial charge on any atom is 0.326 e. The number of nitrogens with one attached hydrogen (secondary N) is 5. The van der Waals surface area contributed by atoms with E-state index in [4.69, 9.17) is 10.8 Å². The van der Waals surface area contributed by atoms with E-state index in [1.165, 1.54) is 0 Å². The van der Waals surface area contributed by atoms with Crippen LogP contribution in [-0.2, 0) is 52.7 Å². The summed E-state index contributed by atoms with van der Waals surface area (Å²) in [7, 11) is 3.49. The Morgan fingerprint density at radius 3 is 0.987 bits per heavy atom. The number of hydrogen-bond donors (Lipinski definition) is 16. The van der Waals surface area contributed by atoms with Crippen LogP contribution in [0, 0.1) is 5.92 Å². The fourth-order valence-electron chi connectivity index (χ4n) is 6.64. The minimum absolute atomic E-state index is 0.0742. The minimum atomic E-state index is -1.65. The third kappa shape index (κ3) is 51.0. The zero-order chi connectivity index (χ0) is 59.4. The molecule has 0 rings (SSSR count). The summed E-state index contributed by atoms with van der Waals surface area (Å²) in [6.07, 6.45) is 13.8. The normalized spacial score (nSPS) is 12.5. The molecule has 0 radical (unpaired) electrons. The molecule has 0 aromatic rings. The highest BCUT2D eigenvalue weighted by molar-refractivity contribution is 8.77. The summed E-state index contributed by atoms with van der Waals surface area (Å²) in [5.41, 5.74) is 5.67. The topological polar surface area (TPSA) is 395 Å². The predicted molar refractivity (Wildman–Crippen MR) is 310 cm³/mol. The van der Waals surface area contributed by atoms with Gasteiger partial charge in [0.1, 0.15) is 24.2 Å². The summed E-state index contributed by atoms with van der Waals surface area (Å²) in [5, 5.41) is 68.5. The van der Waals surface area contributed by atoms with Crippen molar-refractivity contribution in [2.75, 3.05) is 36.7 Å². The second kappa shape index (κ2) is 56.0. The van der Waals surface area contributed by atoms with Crippen molar-refractivity contribution in [1.82, 2.24) is 26.6 Å². The molecule has 0 aromatic heterocycles. The quantitative estimate of drug-likeness (QED) is 0.0165. The van der Waals surface area contributed by atoms with Crippen molar-refractivity contribution in [3.05, 3.63) is 0 Å². The van der Waals surface area contributed by atoms with Gasteiger partial charge in [0.05, 0.1) is 5.92 Å². The van der Waals surface area contributed by atoms with Gasteiger partial charge in [0.2, 0.25) is 29.5 Å². The monoisotopic (exact) mass is 1200 g/mol. The number of carbonyl (C=O) groups excluding carboxylic acids is 5. The average Bonchev–Trinajstić information content (AvgIpc) is 3.37. The highest BCUT2D eigenvalue weighted by Gasteiger charge is 2.28. The summed E-state index contributed by atoms with van der Waals surface area (Å²) < 4.78 is 0. The van der Waals surface area contributed by atoms with Gasteiger partial charge in [-0.2, -0.15) is 50.5 Å². The summed E-state index contributed by atoms with van der Waals surface area (Å²) in [6, 6.07) is -6.75. The second-order valence-corrected chi connectivity index (χ2v) is 19.8. The zero-order valence-electron chi connectivity index (χ0n) is 44.5. The van der Waals surface area contributed by atoms with Crippen molar-refractivity contribution < 1.29 is 83.4 Å². The van der Waals surface area contributed by atoms with Gasteiger partial charge in [-0.15, -0.1) is 0 Å². The van der Waals surface area contributed by atoms with Gasteiger partial charge in [-0.3, -0.25) is 33.6 Å². The van der Waals surface area contributed by atoms with Crippen molar-refractivity contribution in [2.24, 2.45) is 11.7 Å². The van der Waals surface area contributed by atoms with Gasteiger partial charge in [-0.05, 0) is 83.3 Å². The molecule has 0 aliphatic rings. The molecule has 0 fully saturated rings. The lowest BCUT2D eigenvalue weighted by molar-refractivity contribution is -0.144. The number of thiol groups is 4. The molecule has 23 nitrogen and oxygen atoms in total. The van der Waals surface area contributed by atoms with Crippen LogP contribution < -0.4 is 32.3 Å². The number of rotatable bonds is 42. The third-order valence-electron chi connectivity index (χ3n) is 10.6. The Balaban J connectivity index is -0.00000140. The Bertz CT molecular complexity index is 1660. The van der Waals surface area contributed by atoms with Gasteiger partial charge < -0.3 is 63.0 Å². The number of carboxylic acid groups (broad SMARTS) is 6. The van der Waals surface area contributed by atoms with Crippen molar-refractivity contribution in [3.8, 4) is 0 Å². The first kappa shape index (κ1) is 81.1. The standard InChI is InChI=1S/C42H70N6O17.C2H6S3.3CH4S/c1-26(43)27(38(56)57)14-12-13-25-44-32(49)21-17-28(39(58)59)46-34(51)23-19-30(41(62)63)48-36(53)24-20-31(42(64)65)47-35(52)22-18-29(40(60)61)45-33(50)15-10-8-6-4-2-3-5-7-9-11-16-37(54)55;1-4-5-2-3;3*1-2/h26-31H,2-25,43H2,1H3,(H,44,49)(H,45,50)(H,46,51)(H,47,52)(H,48,53)(H,54,55)(H,56,57)(H,58,59)(H,60,61)(H,62,63)(H,64,65);3H,2H2,1H3;3*2H,1H3/t26?,27?,28?,29?,30-,31?;;;;/m0..../s1. The van der Waals surface area contributed by atoms with E-state index in [-0.39, 0.29) is 38.6 Å². The van der Waals surface area contributed by atoms with Crippen LogP contribution in [0.25, 0.3) is 0 Å². The Morgan fingerprint density at radius 2 is 0.724 bits per heavy atom. The van der Waals surface area contributed by atoms with E-state index < -0.39 is 134 Å². The van der Waals surface area contributed by atoms with Gasteiger partial charge >= 0.3 is 35.8 Å². The van der Waals surface area contributed by atoms with Crippen LogP contribution in [0.1, 0.15) is 155 Å². The molecule has 0 bridgehead atoms. The van der Waals surface area contributed by atoms with E-state index in [1.807, 2.05) is 6.26 Å². The smallest absolute Gasteiger partial charge is 0.326 e. The molecule has 444 valence electrons. The molecule has 0 saturated carbocycles. The van der Waals surface area contributed by atoms with Crippen LogP contribution in [-0.4, -0.2) is 163 Å². The fourth-order valence-corrected chi connectivity index (χ4v) is 8.01. The molecule has 0 heterocycles. The number of unbranched alkanes of at least 4 members (excludes halogenated alkanes) is 10. The zero-order valence-corrected chi connectivity index (χ0v) is 49.7. The van der Waals surface area contributed by atoms with E-state index in [2.05, 4.69) is 77.1 Å². The van der Waals surface area contributed by atoms with Gasteiger partial charge in [0.15, 0.2) is 0 Å². The number of hydrogen-bond acceptors (Lipinski definition) is 18. The molecule has 0 aliphatic heterocycles. The predicted octanol–water partition coefficient (Wildman–Crippen LogP) is 5.01. The van der Waals surface area contributed by atoms with Crippen LogP contribution in [0.15, 0.2) is 0 Å². The van der Waals surface area contributed by atoms with E-state index in [1.54, 1.807) is 47.3 Å². The first-order valence-electron chi connectivity index (χ1n) is 24.7. The molecule has 5 amide bonds. The SMILES string of the molecule is CC(N)C(CCCCNC(=O)CCC(NC(=O)CC[C@H](NC(=O)CCC(NC(=O)CCC(NC(=O)CCCCCCCCCCCCC(=O)O)C(=O)O)C(=O)O)C(=O)O)C(=O)O)C(=O)O.CS.CS.CS.CSSCS. The largest absolute Gasteiger partial charge is 0.481 e. The number of carboxylic acids is 6. The Morgan fingerprint density at radius 1 is 0.421 bits per heavy atom. The first-order valence-corrected chi connectivity index (χ1v) is 30.8. The molecule has 13 N–H and O–H groups in total. The molecule has 0 saturated heterocycles. The van der Waals surface area contributed by atoms with Crippen LogP contribution in [0.2, 0.25) is 0 Å². The highest BCUT2D eigenvalue weighted by Crippen LogP contribution is 2.17. The second-order valence-electron chi connectivity index (χ2n) is 16.5. The molecule has 0 spiro atoms. The number of amides is 5. The Hall–Kier alpha value is -3.77. The number of carbonyl (C=O) groups is 11. The van der Waals surface area contributed by atoms with E-state index in [0.717, 1.165) is 56.5 Å². The summed E-state index contributed by atoms with van der Waals surface area (Å²) in [4.78, 5) is 131. The average molecular weight is 1200 g/mol. The lowest BCUT2D eigenvalue weighted by atomic mass is 9.95. The Kier molecular flexibility index (Phi) is 59.7. The molecule has 76 heavy (non-hydrogen) atoms. The molecule has 0 aromatic carbocycles. The number of nitrogens with two attached hydrogens (primary N) is 1. The maximum absolute atomic E-state index is 12.6. The molecule has 5 unspecified atom stereocenters. The van der Waals surface area contributed by atoms with E-state index >= 15 is 0 Å². The number of aliphatic carboxylic acids is 6. The summed E-state index contributed by atoms with van der Waals surface area (Å²) in [6.45, 7) is 1.78. The van der Waals surface area contributed by atoms with Crippen molar-refractivity contribution in [2.45, 2.75) is 185 Å². The Labute approximate surface area is 477 Å². The van der Waals surface area contributed by atoms with Gasteiger partial charge in [-0.1, -0.05) is 79.4 Å². The molecular formula is C47H88N6O17S6. The van der Waals surface area contributed by atoms with Crippen LogP contribution in [0.3, 0.4) is 0 Å². The van der Waals surface area contributed by atoms with Crippen LogP contribution in [0.5, 0.6) is 0 Å². The minimum Gasteiger partial charge on any atom is -0.481 e. The maximum atomic E-state index is 12.6. The van der Waals surface area contributed by atoms with Gasteiger partial charge in [0.25, 0.3) is 0 Å². The molecule has 29 heteroatoms. The summed E-state index contributed by atoms with van der Waals surface area (Å²) >= 11 is 14.5.